The van der Waals surface area contributed by atoms with Gasteiger partial charge in [-0.15, -0.1) is 24.8 Å². The number of pyridine rings is 1. The van der Waals surface area contributed by atoms with Crippen LogP contribution >= 0.6 is 11.6 Å². The highest BCUT2D eigenvalue weighted by Gasteiger charge is 2.43. The van der Waals surface area contributed by atoms with Crippen LogP contribution in [0.25, 0.3) is 0 Å². The molecule has 0 aliphatic carbocycles. The van der Waals surface area contributed by atoms with Crippen molar-refractivity contribution in [3.63, 3.8) is 0 Å². The molecule has 0 N–H and O–H groups in total. The van der Waals surface area contributed by atoms with E-state index in [1.165, 1.54) is 0 Å². The molecule has 124 valence electrons. The van der Waals surface area contributed by atoms with Gasteiger partial charge in [0.25, 0.3) is 0 Å². The molecule has 0 aliphatic heterocycles. The maximum atomic E-state index is 13.1. The minimum Gasteiger partial charge on any atom is -0.469 e. The number of alkyl halides is 7. The summed E-state index contributed by atoms with van der Waals surface area (Å²) in [6.07, 6.45) is -10.9. The first-order valence-electron chi connectivity index (χ1n) is 5.46. The number of halogens is 7. The van der Waals surface area contributed by atoms with Crippen LogP contribution in [0.15, 0.2) is 6.20 Å². The Morgan fingerprint density at radius 2 is 1.86 bits per heavy atom. The second-order valence-electron chi connectivity index (χ2n) is 3.87. The van der Waals surface area contributed by atoms with Crippen molar-refractivity contribution in [2.45, 2.75) is 24.8 Å². The summed E-state index contributed by atoms with van der Waals surface area (Å²) in [7, 11) is 0.921. The summed E-state index contributed by atoms with van der Waals surface area (Å²) in [6.45, 7) is 0. The van der Waals surface area contributed by atoms with Crippen LogP contribution in [-0.2, 0) is 28.0 Å². The zero-order chi connectivity index (χ0) is 17.1. The second kappa shape index (κ2) is 6.59. The first kappa shape index (κ1) is 18.3. The highest BCUT2D eigenvalue weighted by atomic mass is 35.5. The first-order valence-corrected chi connectivity index (χ1v) is 5.99. The van der Waals surface area contributed by atoms with Crippen LogP contribution in [0, 0.1) is 0 Å². The standard InChI is InChI=1S/C11H8ClF6NO3/c1-21-7(20)2-6-5(3-12)4-19-9(22-11(16,17)18)8(6)10(13,14)15/h4H,2-3H2,1H3. The lowest BCUT2D eigenvalue weighted by Crippen LogP contribution is -2.23. The number of aromatic nitrogens is 1. The fraction of sp³-hybridized carbons (Fsp3) is 0.455. The van der Waals surface area contributed by atoms with Gasteiger partial charge in [-0.3, -0.25) is 4.79 Å². The van der Waals surface area contributed by atoms with E-state index in [0.717, 1.165) is 7.11 Å². The normalized spacial score (nSPS) is 12.2. The molecule has 0 aromatic carbocycles. The van der Waals surface area contributed by atoms with Gasteiger partial charge in [0.15, 0.2) is 0 Å². The molecule has 1 aromatic rings. The number of carbonyl (C=O) groups excluding carboxylic acids is 1. The van der Waals surface area contributed by atoms with Crippen LogP contribution in [0.5, 0.6) is 5.88 Å². The topological polar surface area (TPSA) is 48.4 Å². The van der Waals surface area contributed by atoms with Gasteiger partial charge in [-0.05, 0) is 11.1 Å². The number of methoxy groups -OCH3 is 1. The molecule has 0 fully saturated rings. The Bertz CT molecular complexity index is 558. The lowest BCUT2D eigenvalue weighted by molar-refractivity contribution is -0.277. The van der Waals surface area contributed by atoms with E-state index in [2.05, 4.69) is 14.5 Å². The minimum absolute atomic E-state index is 0.256. The molecule has 11 heteroatoms. The van der Waals surface area contributed by atoms with Gasteiger partial charge in [0.05, 0.1) is 13.5 Å². The molecule has 1 rings (SSSR count). The van der Waals surface area contributed by atoms with E-state index in [1.807, 2.05) is 0 Å². The van der Waals surface area contributed by atoms with E-state index >= 15 is 0 Å². The molecule has 0 radical (unpaired) electrons. The number of carbonyl (C=O) groups is 1. The van der Waals surface area contributed by atoms with Crippen LogP contribution in [-0.4, -0.2) is 24.4 Å². The average molecular weight is 352 g/mol. The van der Waals surface area contributed by atoms with Crippen LogP contribution in [0.1, 0.15) is 16.7 Å². The number of ether oxygens (including phenoxy) is 2. The molecule has 22 heavy (non-hydrogen) atoms. The first-order chi connectivity index (χ1) is 9.99. The van der Waals surface area contributed by atoms with Crippen molar-refractivity contribution in [2.75, 3.05) is 7.11 Å². The molecule has 1 aromatic heterocycles. The van der Waals surface area contributed by atoms with Crippen molar-refractivity contribution in [3.05, 3.63) is 22.9 Å². The maximum Gasteiger partial charge on any atom is 0.574 e. The van der Waals surface area contributed by atoms with E-state index in [9.17, 15) is 31.1 Å². The van der Waals surface area contributed by atoms with E-state index in [4.69, 9.17) is 11.6 Å². The molecule has 0 aliphatic rings. The summed E-state index contributed by atoms with van der Waals surface area (Å²) in [6, 6.07) is 0. The molecule has 0 spiro atoms. The fourth-order valence-corrected chi connectivity index (χ4v) is 1.81. The predicted octanol–water partition coefficient (Wildman–Crippen LogP) is 3.45. The van der Waals surface area contributed by atoms with Crippen LogP contribution in [0.4, 0.5) is 26.3 Å². The largest absolute Gasteiger partial charge is 0.574 e. The zero-order valence-electron chi connectivity index (χ0n) is 10.8. The second-order valence-corrected chi connectivity index (χ2v) is 4.14. The summed E-state index contributed by atoms with van der Waals surface area (Å²) < 4.78 is 83.3. The van der Waals surface area contributed by atoms with Gasteiger partial charge >= 0.3 is 18.5 Å². The quantitative estimate of drug-likeness (QED) is 0.473. The molecule has 0 saturated heterocycles. The smallest absolute Gasteiger partial charge is 0.469 e. The molecule has 1 heterocycles. The Morgan fingerprint density at radius 1 is 1.27 bits per heavy atom. The molecule has 0 bridgehead atoms. The summed E-state index contributed by atoms with van der Waals surface area (Å²) in [4.78, 5) is 14.2. The number of rotatable bonds is 4. The predicted molar refractivity (Wildman–Crippen MR) is 61.2 cm³/mol. The summed E-state index contributed by atoms with van der Waals surface area (Å²) >= 11 is 5.44. The summed E-state index contributed by atoms with van der Waals surface area (Å²) in [5.74, 6) is -3.27. The Labute approximate surface area is 125 Å². The van der Waals surface area contributed by atoms with Gasteiger partial charge in [-0.2, -0.15) is 13.2 Å². The molecule has 0 amide bonds. The minimum atomic E-state index is -5.38. The third kappa shape index (κ3) is 4.65. The number of nitrogens with zero attached hydrogens (tertiary/aromatic N) is 1. The van der Waals surface area contributed by atoms with Crippen LogP contribution < -0.4 is 4.74 Å². The molecule has 4 nitrogen and oxygen atoms in total. The van der Waals surface area contributed by atoms with Crippen molar-refractivity contribution in [2.24, 2.45) is 0 Å². The average Bonchev–Trinajstić information content (AvgIpc) is 2.35. The molecular formula is C11H8ClF6NO3. The van der Waals surface area contributed by atoms with Gasteiger partial charge in [0.2, 0.25) is 5.88 Å². The Balaban J connectivity index is 3.54. The monoisotopic (exact) mass is 351 g/mol. The van der Waals surface area contributed by atoms with E-state index < -0.39 is 47.8 Å². The highest BCUT2D eigenvalue weighted by Crippen LogP contribution is 2.41. The molecule has 0 atom stereocenters. The molecular weight excluding hydrogens is 344 g/mol. The van der Waals surface area contributed by atoms with Gasteiger partial charge in [0.1, 0.15) is 5.56 Å². The SMILES string of the molecule is COC(=O)Cc1c(CCl)cnc(OC(F)(F)F)c1C(F)(F)F. The van der Waals surface area contributed by atoms with Crippen LogP contribution in [0.2, 0.25) is 0 Å². The third-order valence-corrected chi connectivity index (χ3v) is 2.72. The van der Waals surface area contributed by atoms with Gasteiger partial charge in [0, 0.05) is 12.1 Å². The number of hydrogen-bond donors (Lipinski definition) is 0. The Hall–Kier alpha value is -1.71. The lowest BCUT2D eigenvalue weighted by atomic mass is 10.0. The molecule has 0 saturated carbocycles. The van der Waals surface area contributed by atoms with Gasteiger partial charge in [-0.25, -0.2) is 4.98 Å². The summed E-state index contributed by atoms with van der Waals surface area (Å²) in [5.41, 5.74) is -2.84. The molecule has 0 unspecified atom stereocenters. The van der Waals surface area contributed by atoms with Crippen LogP contribution in [0.3, 0.4) is 0 Å². The van der Waals surface area contributed by atoms with E-state index in [0.29, 0.717) is 6.20 Å². The van der Waals surface area contributed by atoms with E-state index in [-0.39, 0.29) is 5.56 Å². The van der Waals surface area contributed by atoms with Crippen molar-refractivity contribution in [1.82, 2.24) is 4.98 Å². The van der Waals surface area contributed by atoms with E-state index in [1.54, 1.807) is 0 Å². The highest BCUT2D eigenvalue weighted by molar-refractivity contribution is 6.17. The Kier molecular flexibility index (Phi) is 5.49. The van der Waals surface area contributed by atoms with Gasteiger partial charge in [-0.1, -0.05) is 0 Å². The van der Waals surface area contributed by atoms with Crippen molar-refractivity contribution in [1.29, 1.82) is 0 Å². The third-order valence-electron chi connectivity index (χ3n) is 2.43. The Morgan fingerprint density at radius 3 is 2.27 bits per heavy atom. The number of hydrogen-bond acceptors (Lipinski definition) is 4. The van der Waals surface area contributed by atoms with Gasteiger partial charge < -0.3 is 9.47 Å². The summed E-state index contributed by atoms with van der Waals surface area (Å²) in [5, 5.41) is 0. The number of esters is 1. The van der Waals surface area contributed by atoms with Crippen molar-refractivity contribution in [3.8, 4) is 5.88 Å². The van der Waals surface area contributed by atoms with Crippen molar-refractivity contribution < 1.29 is 40.6 Å². The fourth-order valence-electron chi connectivity index (χ4n) is 1.58. The zero-order valence-corrected chi connectivity index (χ0v) is 11.6. The lowest BCUT2D eigenvalue weighted by Gasteiger charge is -2.19. The maximum absolute atomic E-state index is 13.1. The van der Waals surface area contributed by atoms with Crippen molar-refractivity contribution >= 4 is 17.6 Å².